The van der Waals surface area contributed by atoms with Crippen LogP contribution in [0.25, 0.3) is 0 Å². The van der Waals surface area contributed by atoms with Gasteiger partial charge in [-0.15, -0.1) is 0 Å². The first-order valence-electron chi connectivity index (χ1n) is 10.4. The van der Waals surface area contributed by atoms with E-state index >= 15 is 0 Å². The number of hydrogen-bond acceptors (Lipinski definition) is 3. The van der Waals surface area contributed by atoms with E-state index in [1.807, 2.05) is 6.07 Å². The SMILES string of the molecule is C=C(O[C@H](C[C@H]1CCCCCC[C@@H]1OCc1ccccc1)OC)C(C)(C)C. The average molecular weight is 375 g/mol. The summed E-state index contributed by atoms with van der Waals surface area (Å²) in [4.78, 5) is 0. The van der Waals surface area contributed by atoms with E-state index in [9.17, 15) is 0 Å². The van der Waals surface area contributed by atoms with Gasteiger partial charge in [-0.2, -0.15) is 0 Å². The average Bonchev–Trinajstić information content (AvgIpc) is 2.62. The highest BCUT2D eigenvalue weighted by molar-refractivity contribution is 5.13. The Kier molecular flexibility index (Phi) is 8.85. The van der Waals surface area contributed by atoms with Gasteiger partial charge in [-0.1, -0.05) is 83.4 Å². The maximum atomic E-state index is 6.40. The van der Waals surface area contributed by atoms with Crippen LogP contribution in [0.4, 0.5) is 0 Å². The van der Waals surface area contributed by atoms with Gasteiger partial charge in [0.2, 0.25) is 0 Å². The summed E-state index contributed by atoms with van der Waals surface area (Å²) < 4.78 is 18.1. The molecule has 0 unspecified atom stereocenters. The van der Waals surface area contributed by atoms with Gasteiger partial charge in [0.05, 0.1) is 18.5 Å². The lowest BCUT2D eigenvalue weighted by Crippen LogP contribution is -2.31. The zero-order valence-corrected chi connectivity index (χ0v) is 17.7. The molecule has 0 aliphatic heterocycles. The summed E-state index contributed by atoms with van der Waals surface area (Å²) in [5.41, 5.74) is 1.15. The fourth-order valence-electron chi connectivity index (χ4n) is 3.57. The minimum atomic E-state index is -0.260. The Morgan fingerprint density at radius 1 is 1.07 bits per heavy atom. The van der Waals surface area contributed by atoms with Crippen LogP contribution in [0.2, 0.25) is 0 Å². The summed E-state index contributed by atoms with van der Waals surface area (Å²) in [5, 5.41) is 0. The summed E-state index contributed by atoms with van der Waals surface area (Å²) in [6.07, 6.45) is 8.26. The predicted molar refractivity (Wildman–Crippen MR) is 111 cm³/mol. The lowest BCUT2D eigenvalue weighted by atomic mass is 9.86. The maximum absolute atomic E-state index is 6.40. The molecule has 0 spiro atoms. The largest absolute Gasteiger partial charge is 0.469 e. The van der Waals surface area contributed by atoms with Crippen molar-refractivity contribution in [3.05, 3.63) is 48.2 Å². The molecule has 1 aromatic rings. The van der Waals surface area contributed by atoms with Gasteiger partial charge in [0.15, 0.2) is 6.29 Å². The zero-order valence-electron chi connectivity index (χ0n) is 17.7. The molecule has 0 saturated heterocycles. The van der Waals surface area contributed by atoms with Crippen LogP contribution >= 0.6 is 0 Å². The highest BCUT2D eigenvalue weighted by atomic mass is 16.7. The van der Waals surface area contributed by atoms with Crippen molar-refractivity contribution in [2.75, 3.05) is 7.11 Å². The number of methoxy groups -OCH3 is 1. The van der Waals surface area contributed by atoms with E-state index in [1.54, 1.807) is 7.11 Å². The van der Waals surface area contributed by atoms with Crippen LogP contribution in [-0.4, -0.2) is 19.5 Å². The molecule has 0 amide bonds. The fourth-order valence-corrected chi connectivity index (χ4v) is 3.57. The Morgan fingerprint density at radius 3 is 2.37 bits per heavy atom. The van der Waals surface area contributed by atoms with E-state index in [1.165, 1.54) is 37.7 Å². The quantitative estimate of drug-likeness (QED) is 0.385. The second-order valence-electron chi connectivity index (χ2n) is 8.78. The van der Waals surface area contributed by atoms with Crippen LogP contribution in [0.5, 0.6) is 0 Å². The molecule has 1 aliphatic carbocycles. The Labute approximate surface area is 166 Å². The van der Waals surface area contributed by atoms with Crippen molar-refractivity contribution in [1.29, 1.82) is 0 Å². The summed E-state index contributed by atoms with van der Waals surface area (Å²) in [5.74, 6) is 1.23. The highest BCUT2D eigenvalue weighted by Crippen LogP contribution is 2.32. The lowest BCUT2D eigenvalue weighted by Gasteiger charge is -2.33. The van der Waals surface area contributed by atoms with E-state index in [4.69, 9.17) is 14.2 Å². The topological polar surface area (TPSA) is 27.7 Å². The monoisotopic (exact) mass is 374 g/mol. The molecule has 1 fully saturated rings. The number of benzene rings is 1. The van der Waals surface area contributed by atoms with Gasteiger partial charge in [0.25, 0.3) is 0 Å². The van der Waals surface area contributed by atoms with Crippen LogP contribution in [0.1, 0.15) is 71.3 Å². The molecule has 0 aromatic heterocycles. The van der Waals surface area contributed by atoms with Gasteiger partial charge in [-0.05, 0) is 24.3 Å². The van der Waals surface area contributed by atoms with Crippen LogP contribution in [0.3, 0.4) is 0 Å². The van der Waals surface area contributed by atoms with Gasteiger partial charge < -0.3 is 14.2 Å². The Hall–Kier alpha value is -1.32. The van der Waals surface area contributed by atoms with E-state index < -0.39 is 0 Å². The fraction of sp³-hybridized carbons (Fsp3) is 0.667. The van der Waals surface area contributed by atoms with E-state index in [2.05, 4.69) is 51.6 Å². The standard InChI is InChI=1S/C24H38O3/c1-19(24(2,3)4)27-23(25-5)17-21-15-11-6-7-12-16-22(21)26-18-20-13-9-8-10-14-20/h8-10,13-14,21-23H,1,6-7,11-12,15-18H2,2-5H3/t21-,22+,23-/m1/s1. The maximum Gasteiger partial charge on any atom is 0.199 e. The van der Waals surface area contributed by atoms with Crippen molar-refractivity contribution < 1.29 is 14.2 Å². The Balaban J connectivity index is 1.99. The summed E-state index contributed by atoms with van der Waals surface area (Å²) >= 11 is 0. The van der Waals surface area contributed by atoms with Crippen LogP contribution in [0, 0.1) is 11.3 Å². The molecule has 0 bridgehead atoms. The van der Waals surface area contributed by atoms with Gasteiger partial charge in [-0.3, -0.25) is 0 Å². The molecule has 1 aromatic carbocycles. The van der Waals surface area contributed by atoms with E-state index in [-0.39, 0.29) is 17.8 Å². The highest BCUT2D eigenvalue weighted by Gasteiger charge is 2.29. The number of allylic oxidation sites excluding steroid dienone is 1. The first-order valence-corrected chi connectivity index (χ1v) is 10.4. The van der Waals surface area contributed by atoms with E-state index in [0.29, 0.717) is 12.5 Å². The Bertz CT molecular complexity index is 546. The number of hydrogen-bond donors (Lipinski definition) is 0. The third-order valence-corrected chi connectivity index (χ3v) is 5.51. The lowest BCUT2D eigenvalue weighted by molar-refractivity contribution is -0.131. The summed E-state index contributed by atoms with van der Waals surface area (Å²) in [6, 6.07) is 10.5. The summed E-state index contributed by atoms with van der Waals surface area (Å²) in [7, 11) is 1.73. The van der Waals surface area contributed by atoms with E-state index in [0.717, 1.165) is 18.6 Å². The number of ether oxygens (including phenoxy) is 3. The second kappa shape index (κ2) is 10.9. The van der Waals surface area contributed by atoms with Crippen LogP contribution < -0.4 is 0 Å². The predicted octanol–water partition coefficient (Wildman–Crippen LogP) is 6.48. The van der Waals surface area contributed by atoms with Gasteiger partial charge in [-0.25, -0.2) is 0 Å². The second-order valence-corrected chi connectivity index (χ2v) is 8.78. The van der Waals surface area contributed by atoms with Crippen molar-refractivity contribution in [3.63, 3.8) is 0 Å². The molecule has 27 heavy (non-hydrogen) atoms. The third kappa shape index (κ3) is 7.67. The van der Waals surface area contributed by atoms with Crippen molar-refractivity contribution in [1.82, 2.24) is 0 Å². The van der Waals surface area contributed by atoms with Crippen molar-refractivity contribution in [2.45, 2.75) is 84.7 Å². The smallest absolute Gasteiger partial charge is 0.199 e. The molecule has 152 valence electrons. The van der Waals surface area contributed by atoms with Gasteiger partial charge in [0.1, 0.15) is 0 Å². The third-order valence-electron chi connectivity index (χ3n) is 5.51. The van der Waals surface area contributed by atoms with Crippen molar-refractivity contribution >= 4 is 0 Å². The van der Waals surface area contributed by atoms with Crippen molar-refractivity contribution in [2.24, 2.45) is 11.3 Å². The molecule has 2 rings (SSSR count). The first-order chi connectivity index (χ1) is 12.9. The van der Waals surface area contributed by atoms with Gasteiger partial charge >= 0.3 is 0 Å². The zero-order chi connectivity index (χ0) is 19.7. The van der Waals surface area contributed by atoms with Gasteiger partial charge in [0, 0.05) is 18.9 Å². The minimum Gasteiger partial charge on any atom is -0.469 e. The summed E-state index contributed by atoms with van der Waals surface area (Å²) in [6.45, 7) is 11.1. The molecule has 0 radical (unpaired) electrons. The molecule has 3 atom stereocenters. The molecule has 3 nitrogen and oxygen atoms in total. The van der Waals surface area contributed by atoms with Crippen LogP contribution in [-0.2, 0) is 20.8 Å². The molecule has 0 N–H and O–H groups in total. The molecular weight excluding hydrogens is 336 g/mol. The molecule has 1 saturated carbocycles. The molecule has 3 heteroatoms. The molecular formula is C24H38O3. The normalized spacial score (nSPS) is 22.5. The van der Waals surface area contributed by atoms with Crippen LogP contribution in [0.15, 0.2) is 42.7 Å². The van der Waals surface area contributed by atoms with Crippen molar-refractivity contribution in [3.8, 4) is 0 Å². The Morgan fingerprint density at radius 2 is 1.74 bits per heavy atom. The minimum absolute atomic E-state index is 0.0824. The molecule has 0 heterocycles. The first kappa shape index (κ1) is 22.0. The molecule has 1 aliphatic rings. The number of rotatable bonds is 8.